The first kappa shape index (κ1) is 24.5. The Morgan fingerprint density at radius 2 is 1.56 bits per heavy atom. The number of methoxy groups -OCH3 is 1. The van der Waals surface area contributed by atoms with Gasteiger partial charge in [-0.2, -0.15) is 0 Å². The van der Waals surface area contributed by atoms with E-state index in [0.29, 0.717) is 28.8 Å². The molecule has 0 fully saturated rings. The minimum absolute atomic E-state index is 0.0166. The highest BCUT2D eigenvalue weighted by Gasteiger charge is 2.15. The summed E-state index contributed by atoms with van der Waals surface area (Å²) in [6.07, 6.45) is -0.110. The molecule has 0 aliphatic carbocycles. The summed E-state index contributed by atoms with van der Waals surface area (Å²) in [5.41, 5.74) is 1.92. The number of aliphatic carboxylic acids is 1. The van der Waals surface area contributed by atoms with Gasteiger partial charge < -0.3 is 15.2 Å². The molecule has 4 aromatic rings. The molecule has 1 amide bonds. The van der Waals surface area contributed by atoms with E-state index in [1.807, 2.05) is 12.1 Å². The predicted octanol–water partition coefficient (Wildman–Crippen LogP) is 2.31. The second kappa shape index (κ2) is 10.3. The number of aryl methyl sites for hydroxylation is 1. The Hall–Kier alpha value is -4.66. The Balaban J connectivity index is 1.60. The second-order valence-corrected chi connectivity index (χ2v) is 8.38. The lowest BCUT2D eigenvalue weighted by atomic mass is 10.1. The monoisotopic (exact) mass is 487 g/mol. The van der Waals surface area contributed by atoms with Gasteiger partial charge in [0.25, 0.3) is 11.5 Å². The van der Waals surface area contributed by atoms with Gasteiger partial charge in [-0.25, -0.2) is 4.79 Å². The molecule has 9 heteroatoms. The highest BCUT2D eigenvalue weighted by atomic mass is 16.5. The summed E-state index contributed by atoms with van der Waals surface area (Å²) < 4.78 is 7.61. The zero-order valence-electron chi connectivity index (χ0n) is 19.9. The summed E-state index contributed by atoms with van der Waals surface area (Å²) in [7, 11) is 3.15. The third-order valence-corrected chi connectivity index (χ3v) is 5.94. The number of carbonyl (C=O) groups excluding carboxylic acids is 1. The Bertz CT molecular complexity index is 1550. The molecule has 1 aromatic heterocycles. The summed E-state index contributed by atoms with van der Waals surface area (Å²) in [5.74, 6) is -0.564. The van der Waals surface area contributed by atoms with Crippen molar-refractivity contribution < 1.29 is 19.4 Å². The minimum atomic E-state index is -0.939. The van der Waals surface area contributed by atoms with Crippen LogP contribution in [0.25, 0.3) is 10.9 Å². The van der Waals surface area contributed by atoms with Gasteiger partial charge in [0.15, 0.2) is 0 Å². The van der Waals surface area contributed by atoms with Crippen molar-refractivity contribution in [1.82, 2.24) is 14.5 Å². The van der Waals surface area contributed by atoms with E-state index in [1.165, 1.54) is 10.6 Å². The lowest BCUT2D eigenvalue weighted by molar-refractivity contribution is -0.136. The average molecular weight is 488 g/mol. The molecular formula is C27H25N3O6. The van der Waals surface area contributed by atoms with Crippen molar-refractivity contribution in [2.24, 2.45) is 7.05 Å². The maximum atomic E-state index is 13.3. The van der Waals surface area contributed by atoms with Crippen LogP contribution in [0.4, 0.5) is 0 Å². The third-order valence-electron chi connectivity index (χ3n) is 5.94. The number of rotatable bonds is 8. The maximum Gasteiger partial charge on any atom is 0.331 e. The van der Waals surface area contributed by atoms with Crippen molar-refractivity contribution in [1.29, 1.82) is 0 Å². The number of nitrogens with zero attached hydrogens (tertiary/aromatic N) is 2. The zero-order chi connectivity index (χ0) is 25.8. The molecule has 0 aliphatic heterocycles. The fourth-order valence-corrected chi connectivity index (χ4v) is 3.94. The number of benzene rings is 3. The van der Waals surface area contributed by atoms with Crippen LogP contribution >= 0.6 is 0 Å². The van der Waals surface area contributed by atoms with Gasteiger partial charge in [0, 0.05) is 19.2 Å². The number of carboxylic acids is 1. The molecule has 0 radical (unpaired) electrons. The van der Waals surface area contributed by atoms with E-state index in [4.69, 9.17) is 9.84 Å². The highest BCUT2D eigenvalue weighted by Crippen LogP contribution is 2.14. The standard InChI is InChI=1S/C27H25N3O6/c1-29-23-12-9-20(25(33)28-15-18-7-10-21(36-2)11-8-18)14-22(23)26(34)30(27(29)35)16-19-5-3-17(4-6-19)13-24(31)32/h3-12,14H,13,15-16H2,1-2H3,(H,28,33)(H,31,32). The Kier molecular flexibility index (Phi) is 7.00. The molecule has 1 heterocycles. The molecular weight excluding hydrogens is 462 g/mol. The van der Waals surface area contributed by atoms with Crippen LogP contribution in [0.1, 0.15) is 27.0 Å². The molecule has 0 saturated heterocycles. The zero-order valence-corrected chi connectivity index (χ0v) is 19.9. The maximum absolute atomic E-state index is 13.3. The predicted molar refractivity (Wildman–Crippen MR) is 134 cm³/mol. The molecule has 0 saturated carbocycles. The average Bonchev–Trinajstić information content (AvgIpc) is 2.89. The van der Waals surface area contributed by atoms with E-state index in [9.17, 15) is 19.2 Å². The lowest BCUT2D eigenvalue weighted by Crippen LogP contribution is -2.39. The molecule has 0 bridgehead atoms. The third kappa shape index (κ3) is 5.20. The van der Waals surface area contributed by atoms with Crippen LogP contribution in [0.5, 0.6) is 5.75 Å². The van der Waals surface area contributed by atoms with Gasteiger partial charge in [-0.3, -0.25) is 23.5 Å². The van der Waals surface area contributed by atoms with Gasteiger partial charge >= 0.3 is 11.7 Å². The van der Waals surface area contributed by atoms with E-state index in [0.717, 1.165) is 15.9 Å². The van der Waals surface area contributed by atoms with Crippen LogP contribution < -0.4 is 21.3 Å². The minimum Gasteiger partial charge on any atom is -0.497 e. The number of aromatic nitrogens is 2. The van der Waals surface area contributed by atoms with Gasteiger partial charge in [0.05, 0.1) is 31.0 Å². The first-order valence-electron chi connectivity index (χ1n) is 11.2. The molecule has 2 N–H and O–H groups in total. The molecule has 0 atom stereocenters. The van der Waals surface area contributed by atoms with Gasteiger partial charge in [-0.05, 0) is 47.0 Å². The van der Waals surface area contributed by atoms with Gasteiger partial charge in [-0.1, -0.05) is 36.4 Å². The normalized spacial score (nSPS) is 10.8. The van der Waals surface area contributed by atoms with Crippen LogP contribution in [0.2, 0.25) is 0 Å². The van der Waals surface area contributed by atoms with E-state index in [2.05, 4.69) is 5.32 Å². The van der Waals surface area contributed by atoms with Crippen molar-refractivity contribution in [3.05, 3.63) is 110 Å². The molecule has 36 heavy (non-hydrogen) atoms. The largest absolute Gasteiger partial charge is 0.497 e. The number of hydrogen-bond acceptors (Lipinski definition) is 5. The number of fused-ring (bicyclic) bond motifs is 1. The SMILES string of the molecule is COc1ccc(CNC(=O)c2ccc3c(c2)c(=O)n(Cc2ccc(CC(=O)O)cc2)c(=O)n3C)cc1. The van der Waals surface area contributed by atoms with Crippen LogP contribution in [0.15, 0.2) is 76.3 Å². The summed E-state index contributed by atoms with van der Waals surface area (Å²) >= 11 is 0. The van der Waals surface area contributed by atoms with Crippen molar-refractivity contribution in [3.63, 3.8) is 0 Å². The summed E-state index contributed by atoms with van der Waals surface area (Å²) in [6.45, 7) is 0.318. The van der Waals surface area contributed by atoms with E-state index in [-0.39, 0.29) is 24.3 Å². The molecule has 9 nitrogen and oxygen atoms in total. The summed E-state index contributed by atoms with van der Waals surface area (Å²) in [5, 5.41) is 12.0. The van der Waals surface area contributed by atoms with E-state index in [1.54, 1.807) is 62.7 Å². The van der Waals surface area contributed by atoms with Crippen molar-refractivity contribution in [3.8, 4) is 5.75 Å². The quantitative estimate of drug-likeness (QED) is 0.394. The number of hydrogen-bond donors (Lipinski definition) is 2. The van der Waals surface area contributed by atoms with Gasteiger partial charge in [-0.15, -0.1) is 0 Å². The number of carbonyl (C=O) groups is 2. The summed E-state index contributed by atoms with van der Waals surface area (Å²) in [4.78, 5) is 49.8. The van der Waals surface area contributed by atoms with Gasteiger partial charge in [0.1, 0.15) is 5.75 Å². The van der Waals surface area contributed by atoms with Crippen molar-refractivity contribution in [2.45, 2.75) is 19.5 Å². The van der Waals surface area contributed by atoms with Crippen LogP contribution in [0.3, 0.4) is 0 Å². The molecule has 0 unspecified atom stereocenters. The van der Waals surface area contributed by atoms with Crippen LogP contribution in [-0.4, -0.2) is 33.2 Å². The van der Waals surface area contributed by atoms with E-state index < -0.39 is 17.2 Å². The van der Waals surface area contributed by atoms with Gasteiger partial charge in [0.2, 0.25) is 0 Å². The molecule has 0 spiro atoms. The number of ether oxygens (including phenoxy) is 1. The first-order valence-corrected chi connectivity index (χ1v) is 11.2. The summed E-state index contributed by atoms with van der Waals surface area (Å²) in [6, 6.07) is 18.7. The topological polar surface area (TPSA) is 120 Å². The Labute approximate surface area is 206 Å². The molecule has 184 valence electrons. The lowest BCUT2D eigenvalue weighted by Gasteiger charge is -2.12. The van der Waals surface area contributed by atoms with Crippen LogP contribution in [0, 0.1) is 0 Å². The number of nitrogens with one attached hydrogen (secondary N) is 1. The molecule has 0 aliphatic rings. The smallest absolute Gasteiger partial charge is 0.331 e. The van der Waals surface area contributed by atoms with Crippen LogP contribution in [-0.2, 0) is 31.4 Å². The Morgan fingerprint density at radius 3 is 2.19 bits per heavy atom. The highest BCUT2D eigenvalue weighted by molar-refractivity contribution is 5.97. The number of carboxylic acid groups (broad SMARTS) is 1. The molecule has 4 rings (SSSR count). The first-order chi connectivity index (χ1) is 17.3. The fourth-order valence-electron chi connectivity index (χ4n) is 3.94. The van der Waals surface area contributed by atoms with Crippen molar-refractivity contribution >= 4 is 22.8 Å². The fraction of sp³-hybridized carbons (Fsp3) is 0.185. The second-order valence-electron chi connectivity index (χ2n) is 8.38. The number of amides is 1. The Morgan fingerprint density at radius 1 is 0.917 bits per heavy atom. The van der Waals surface area contributed by atoms with Crippen molar-refractivity contribution in [2.75, 3.05) is 7.11 Å². The van der Waals surface area contributed by atoms with E-state index >= 15 is 0 Å². The molecule has 3 aromatic carbocycles.